The van der Waals surface area contributed by atoms with E-state index in [0.717, 1.165) is 35.2 Å². The number of allylic oxidation sites excluding steroid dienone is 1. The minimum Gasteiger partial charge on any atom is -0.378 e. The number of hydrogen-bond donors (Lipinski definition) is 1. The monoisotopic (exact) mass is 502 g/mol. The number of nitrogens with one attached hydrogen (secondary N) is 1. The minimum absolute atomic E-state index is 0.0762. The van der Waals surface area contributed by atoms with Crippen LogP contribution in [0.15, 0.2) is 42.0 Å². The predicted octanol–water partition coefficient (Wildman–Crippen LogP) is 3.45. The molecule has 1 amide bonds. The number of fused-ring (bicyclic) bond motifs is 3. The zero-order valence-corrected chi connectivity index (χ0v) is 21.0. The molecule has 0 aliphatic carbocycles. The SMILES string of the molecule is C=Cc1sc2c(C(=O)NCc3cnc(C)cn3)c(=O)c3ccc(N4CCOCC4)nc3n2c1/C=C\C. The fourth-order valence-corrected chi connectivity index (χ4v) is 5.33. The number of pyridine rings is 2. The number of nitrogens with zero attached hydrogens (tertiary/aromatic N) is 5. The molecule has 184 valence electrons. The third-order valence-electron chi connectivity index (χ3n) is 6.00. The molecular formula is C26H26N6O3S. The van der Waals surface area contributed by atoms with Gasteiger partial charge in [0.25, 0.3) is 5.91 Å². The van der Waals surface area contributed by atoms with Crippen molar-refractivity contribution in [2.45, 2.75) is 20.4 Å². The summed E-state index contributed by atoms with van der Waals surface area (Å²) >= 11 is 1.34. The van der Waals surface area contributed by atoms with Gasteiger partial charge < -0.3 is 15.0 Å². The van der Waals surface area contributed by atoms with Gasteiger partial charge in [0, 0.05) is 19.3 Å². The van der Waals surface area contributed by atoms with E-state index >= 15 is 0 Å². The number of aromatic nitrogens is 4. The van der Waals surface area contributed by atoms with Crippen molar-refractivity contribution in [2.75, 3.05) is 31.2 Å². The highest BCUT2D eigenvalue weighted by Gasteiger charge is 2.24. The van der Waals surface area contributed by atoms with Crippen LogP contribution in [0, 0.1) is 6.92 Å². The lowest BCUT2D eigenvalue weighted by Gasteiger charge is -2.28. The number of hydrogen-bond acceptors (Lipinski definition) is 8. The first-order chi connectivity index (χ1) is 17.5. The quantitative estimate of drug-likeness (QED) is 0.431. The zero-order chi connectivity index (χ0) is 25.2. The summed E-state index contributed by atoms with van der Waals surface area (Å²) in [4.78, 5) is 44.0. The number of thiazole rings is 1. The molecule has 1 aliphatic rings. The first kappa shape index (κ1) is 23.8. The number of morpholine rings is 1. The molecule has 36 heavy (non-hydrogen) atoms. The Labute approximate surface area is 211 Å². The fourth-order valence-electron chi connectivity index (χ4n) is 4.21. The third-order valence-corrected chi connectivity index (χ3v) is 7.17. The van der Waals surface area contributed by atoms with Crippen molar-refractivity contribution < 1.29 is 9.53 Å². The molecule has 4 aromatic rings. The highest BCUT2D eigenvalue weighted by molar-refractivity contribution is 7.19. The van der Waals surface area contributed by atoms with Gasteiger partial charge in [0.2, 0.25) is 5.43 Å². The molecule has 0 spiro atoms. The number of amides is 1. The highest BCUT2D eigenvalue weighted by Crippen LogP contribution is 2.31. The summed E-state index contributed by atoms with van der Waals surface area (Å²) in [5.74, 6) is 0.301. The number of anilines is 1. The molecule has 5 rings (SSSR count). The van der Waals surface area contributed by atoms with Crippen molar-refractivity contribution in [3.8, 4) is 0 Å². The second-order valence-electron chi connectivity index (χ2n) is 8.37. The number of carbonyl (C=O) groups excluding carboxylic acids is 1. The maximum absolute atomic E-state index is 13.7. The van der Waals surface area contributed by atoms with E-state index in [1.165, 1.54) is 11.3 Å². The van der Waals surface area contributed by atoms with Crippen molar-refractivity contribution >= 4 is 51.1 Å². The van der Waals surface area contributed by atoms with Crippen LogP contribution in [-0.4, -0.2) is 51.6 Å². The van der Waals surface area contributed by atoms with Crippen molar-refractivity contribution in [1.29, 1.82) is 0 Å². The average Bonchev–Trinajstić information content (AvgIpc) is 3.27. The minimum atomic E-state index is -0.470. The Balaban J connectivity index is 1.68. The molecule has 1 N–H and O–H groups in total. The molecule has 5 heterocycles. The van der Waals surface area contributed by atoms with Crippen LogP contribution in [0.2, 0.25) is 0 Å². The smallest absolute Gasteiger partial charge is 0.258 e. The van der Waals surface area contributed by atoms with E-state index < -0.39 is 5.91 Å². The maximum atomic E-state index is 13.7. The van der Waals surface area contributed by atoms with Crippen LogP contribution < -0.4 is 15.6 Å². The van der Waals surface area contributed by atoms with E-state index in [4.69, 9.17) is 9.72 Å². The predicted molar refractivity (Wildman–Crippen MR) is 143 cm³/mol. The Bertz CT molecular complexity index is 1550. The Morgan fingerprint density at radius 2 is 2.06 bits per heavy atom. The lowest BCUT2D eigenvalue weighted by molar-refractivity contribution is 0.0951. The van der Waals surface area contributed by atoms with Crippen LogP contribution in [0.4, 0.5) is 5.82 Å². The molecule has 0 radical (unpaired) electrons. The van der Waals surface area contributed by atoms with Crippen LogP contribution >= 0.6 is 11.3 Å². The molecule has 0 aromatic carbocycles. The molecule has 1 saturated heterocycles. The van der Waals surface area contributed by atoms with Crippen LogP contribution in [0.25, 0.3) is 28.0 Å². The van der Waals surface area contributed by atoms with E-state index in [2.05, 4.69) is 26.8 Å². The summed E-state index contributed by atoms with van der Waals surface area (Å²) in [7, 11) is 0. The van der Waals surface area contributed by atoms with Gasteiger partial charge in [0.05, 0.1) is 53.3 Å². The Morgan fingerprint density at radius 1 is 1.25 bits per heavy atom. The van der Waals surface area contributed by atoms with Crippen LogP contribution in [0.3, 0.4) is 0 Å². The van der Waals surface area contributed by atoms with Crippen molar-refractivity contribution in [3.05, 3.63) is 74.9 Å². The van der Waals surface area contributed by atoms with Crippen LogP contribution in [-0.2, 0) is 11.3 Å². The van der Waals surface area contributed by atoms with Gasteiger partial charge in [0.1, 0.15) is 16.2 Å². The fraction of sp³-hybridized carbons (Fsp3) is 0.269. The number of carbonyl (C=O) groups is 1. The molecule has 1 fully saturated rings. The van der Waals surface area contributed by atoms with Crippen LogP contribution in [0.5, 0.6) is 0 Å². The molecular weight excluding hydrogens is 476 g/mol. The summed E-state index contributed by atoms with van der Waals surface area (Å²) < 4.78 is 7.37. The lowest BCUT2D eigenvalue weighted by Crippen LogP contribution is -2.37. The van der Waals surface area contributed by atoms with E-state index in [9.17, 15) is 9.59 Å². The first-order valence-electron chi connectivity index (χ1n) is 11.7. The second kappa shape index (κ2) is 10.00. The van der Waals surface area contributed by atoms with E-state index in [-0.39, 0.29) is 17.5 Å². The normalized spacial score (nSPS) is 14.1. The van der Waals surface area contributed by atoms with Gasteiger partial charge in [0.15, 0.2) is 5.65 Å². The first-order valence-corrected chi connectivity index (χ1v) is 12.5. The zero-order valence-electron chi connectivity index (χ0n) is 20.2. The van der Waals surface area contributed by atoms with Gasteiger partial charge in [-0.2, -0.15) is 0 Å². The van der Waals surface area contributed by atoms with Gasteiger partial charge in [-0.3, -0.25) is 24.0 Å². The second-order valence-corrected chi connectivity index (χ2v) is 9.40. The maximum Gasteiger partial charge on any atom is 0.258 e. The third kappa shape index (κ3) is 4.29. The van der Waals surface area contributed by atoms with Gasteiger partial charge in [-0.1, -0.05) is 12.7 Å². The number of ether oxygens (including phenoxy) is 1. The molecule has 4 aromatic heterocycles. The number of aryl methyl sites for hydroxylation is 1. The Morgan fingerprint density at radius 3 is 2.75 bits per heavy atom. The van der Waals surface area contributed by atoms with E-state index in [0.29, 0.717) is 34.8 Å². The van der Waals surface area contributed by atoms with Crippen LogP contribution in [0.1, 0.15) is 39.2 Å². The molecule has 1 aliphatic heterocycles. The molecule has 10 heteroatoms. The lowest BCUT2D eigenvalue weighted by atomic mass is 10.1. The summed E-state index contributed by atoms with van der Waals surface area (Å²) in [5.41, 5.74) is 2.45. The number of rotatable bonds is 6. The van der Waals surface area contributed by atoms with E-state index in [1.807, 2.05) is 36.5 Å². The van der Waals surface area contributed by atoms with Gasteiger partial charge in [-0.05, 0) is 38.1 Å². The summed E-state index contributed by atoms with van der Waals surface area (Å²) in [5, 5.41) is 3.22. The highest BCUT2D eigenvalue weighted by atomic mass is 32.1. The van der Waals surface area contributed by atoms with Crippen molar-refractivity contribution in [2.24, 2.45) is 0 Å². The van der Waals surface area contributed by atoms with Gasteiger partial charge in [-0.25, -0.2) is 4.98 Å². The van der Waals surface area contributed by atoms with Gasteiger partial charge in [-0.15, -0.1) is 11.3 Å². The molecule has 0 unspecified atom stereocenters. The van der Waals surface area contributed by atoms with Gasteiger partial charge >= 0.3 is 0 Å². The summed E-state index contributed by atoms with van der Waals surface area (Å²) in [6.07, 6.45) is 8.85. The van der Waals surface area contributed by atoms with Crippen molar-refractivity contribution in [3.63, 3.8) is 0 Å². The summed E-state index contributed by atoms with van der Waals surface area (Å²) in [6.45, 7) is 10.6. The average molecular weight is 503 g/mol. The summed E-state index contributed by atoms with van der Waals surface area (Å²) in [6, 6.07) is 3.59. The Hall–Kier alpha value is -3.89. The standard InChI is InChI=1S/C26H26N6O3S/c1-4-6-19-20(5-2)36-26-22(25(34)29-15-17-14-27-16(3)13-28-17)23(33)18-7-8-21(30-24(18)32(19)26)31-9-11-35-12-10-31/h4-8,13-14H,2,9-12,15H2,1,3H3,(H,29,34)/b6-4-. The topological polar surface area (TPSA) is 102 Å². The van der Waals surface area contributed by atoms with Crippen molar-refractivity contribution in [1.82, 2.24) is 24.7 Å². The molecule has 0 atom stereocenters. The Kier molecular flexibility index (Phi) is 6.62. The molecule has 0 bridgehead atoms. The largest absolute Gasteiger partial charge is 0.378 e. The molecule has 9 nitrogen and oxygen atoms in total. The molecule has 0 saturated carbocycles. The van der Waals surface area contributed by atoms with E-state index in [1.54, 1.807) is 24.5 Å².